The summed E-state index contributed by atoms with van der Waals surface area (Å²) in [5.74, 6) is -1.54. The average Bonchev–Trinajstić information content (AvgIpc) is 2.22. The van der Waals surface area contributed by atoms with Gasteiger partial charge in [0.2, 0.25) is 0 Å². The molecule has 2 nitrogen and oxygen atoms in total. The van der Waals surface area contributed by atoms with Crippen LogP contribution in [0.25, 0.3) is 0 Å². The Morgan fingerprint density at radius 2 is 1.76 bits per heavy atom. The lowest BCUT2D eigenvalue weighted by Gasteiger charge is -2.23. The number of nitrogens with two attached hydrogens (primary N) is 1. The summed E-state index contributed by atoms with van der Waals surface area (Å²) in [6, 6.07) is 1.48. The SMILES string of the molecule is Cc1ccc(F)c([C@@H](N)[C@@H](O)C(C)C)c1F.Cl. The third kappa shape index (κ3) is 3.37. The summed E-state index contributed by atoms with van der Waals surface area (Å²) in [5, 5.41) is 9.73. The van der Waals surface area contributed by atoms with E-state index in [2.05, 4.69) is 0 Å². The first-order chi connectivity index (χ1) is 7.36. The van der Waals surface area contributed by atoms with E-state index >= 15 is 0 Å². The van der Waals surface area contributed by atoms with Crippen molar-refractivity contribution in [3.05, 3.63) is 34.9 Å². The summed E-state index contributed by atoms with van der Waals surface area (Å²) < 4.78 is 27.2. The van der Waals surface area contributed by atoms with Crippen LogP contribution in [0.3, 0.4) is 0 Å². The summed E-state index contributed by atoms with van der Waals surface area (Å²) >= 11 is 0. The predicted molar refractivity (Wildman–Crippen MR) is 66.1 cm³/mol. The van der Waals surface area contributed by atoms with Crippen LogP contribution in [0.2, 0.25) is 0 Å². The van der Waals surface area contributed by atoms with Crippen molar-refractivity contribution in [3.8, 4) is 0 Å². The fourth-order valence-corrected chi connectivity index (χ4v) is 1.57. The van der Waals surface area contributed by atoms with Crippen LogP contribution in [-0.2, 0) is 0 Å². The number of rotatable bonds is 3. The number of aryl methyl sites for hydroxylation is 1. The number of aliphatic hydroxyl groups excluding tert-OH is 1. The van der Waals surface area contributed by atoms with Gasteiger partial charge in [0.25, 0.3) is 0 Å². The van der Waals surface area contributed by atoms with Crippen molar-refractivity contribution in [2.45, 2.75) is 32.9 Å². The molecule has 17 heavy (non-hydrogen) atoms. The van der Waals surface area contributed by atoms with Crippen molar-refractivity contribution in [1.29, 1.82) is 0 Å². The summed E-state index contributed by atoms with van der Waals surface area (Å²) in [6.07, 6.45) is -0.967. The van der Waals surface area contributed by atoms with Gasteiger partial charge in [0.05, 0.1) is 12.1 Å². The molecule has 1 aromatic carbocycles. The summed E-state index contributed by atoms with van der Waals surface area (Å²) in [6.45, 7) is 5.03. The molecule has 0 fully saturated rings. The Labute approximate surface area is 106 Å². The third-order valence-electron chi connectivity index (χ3n) is 2.70. The molecular formula is C12H18ClF2NO. The molecule has 3 N–H and O–H groups in total. The van der Waals surface area contributed by atoms with E-state index in [1.165, 1.54) is 19.1 Å². The first-order valence-corrected chi connectivity index (χ1v) is 5.24. The standard InChI is InChI=1S/C12H17F2NO.ClH/c1-6(2)12(16)11(15)9-8(13)5-4-7(3)10(9)14;/h4-6,11-12,16H,15H2,1-3H3;1H/t11-,12+;/m1./s1. The lowest BCUT2D eigenvalue weighted by atomic mass is 9.93. The van der Waals surface area contributed by atoms with Crippen LogP contribution in [0.1, 0.15) is 31.0 Å². The van der Waals surface area contributed by atoms with Gasteiger partial charge >= 0.3 is 0 Å². The smallest absolute Gasteiger partial charge is 0.133 e. The van der Waals surface area contributed by atoms with Gasteiger partial charge in [-0.25, -0.2) is 8.78 Å². The minimum Gasteiger partial charge on any atom is -0.391 e. The van der Waals surface area contributed by atoms with Crippen LogP contribution in [0.5, 0.6) is 0 Å². The zero-order valence-corrected chi connectivity index (χ0v) is 10.9. The van der Waals surface area contributed by atoms with Crippen molar-refractivity contribution in [3.63, 3.8) is 0 Å². The van der Waals surface area contributed by atoms with Gasteiger partial charge in [-0.2, -0.15) is 0 Å². The van der Waals surface area contributed by atoms with E-state index in [1.807, 2.05) is 0 Å². The zero-order valence-electron chi connectivity index (χ0n) is 10.1. The third-order valence-corrected chi connectivity index (χ3v) is 2.70. The van der Waals surface area contributed by atoms with Crippen LogP contribution in [-0.4, -0.2) is 11.2 Å². The van der Waals surface area contributed by atoms with Gasteiger partial charge < -0.3 is 10.8 Å². The molecule has 0 bridgehead atoms. The number of benzene rings is 1. The van der Waals surface area contributed by atoms with Crippen molar-refractivity contribution in [1.82, 2.24) is 0 Å². The zero-order chi connectivity index (χ0) is 12.5. The van der Waals surface area contributed by atoms with Crippen LogP contribution in [0.4, 0.5) is 8.78 Å². The van der Waals surface area contributed by atoms with Gasteiger partial charge in [0, 0.05) is 5.56 Å². The molecule has 0 unspecified atom stereocenters. The van der Waals surface area contributed by atoms with E-state index in [4.69, 9.17) is 5.73 Å². The van der Waals surface area contributed by atoms with Crippen LogP contribution < -0.4 is 5.73 Å². The maximum atomic E-state index is 13.7. The second-order valence-corrected chi connectivity index (χ2v) is 4.35. The van der Waals surface area contributed by atoms with Crippen molar-refractivity contribution in [2.24, 2.45) is 11.7 Å². The fourth-order valence-electron chi connectivity index (χ4n) is 1.57. The van der Waals surface area contributed by atoms with Gasteiger partial charge in [-0.05, 0) is 24.5 Å². The minimum absolute atomic E-state index is 0. The van der Waals surface area contributed by atoms with Crippen molar-refractivity contribution >= 4 is 12.4 Å². The Kier molecular flexibility index (Phi) is 6.02. The van der Waals surface area contributed by atoms with E-state index in [1.54, 1.807) is 13.8 Å². The van der Waals surface area contributed by atoms with Gasteiger partial charge in [-0.3, -0.25) is 0 Å². The highest BCUT2D eigenvalue weighted by Gasteiger charge is 2.26. The molecular weight excluding hydrogens is 248 g/mol. The molecule has 1 aromatic rings. The lowest BCUT2D eigenvalue weighted by Crippen LogP contribution is -2.32. The van der Waals surface area contributed by atoms with Crippen LogP contribution in [0.15, 0.2) is 12.1 Å². The number of hydrogen-bond donors (Lipinski definition) is 2. The highest BCUT2D eigenvalue weighted by atomic mass is 35.5. The highest BCUT2D eigenvalue weighted by molar-refractivity contribution is 5.85. The first-order valence-electron chi connectivity index (χ1n) is 5.24. The predicted octanol–water partition coefficient (Wildman–Crippen LogP) is 2.71. The van der Waals surface area contributed by atoms with E-state index in [0.717, 1.165) is 0 Å². The molecule has 0 aliphatic heterocycles. The van der Waals surface area contributed by atoms with Crippen molar-refractivity contribution in [2.75, 3.05) is 0 Å². The normalized spacial score (nSPS) is 14.4. The second-order valence-electron chi connectivity index (χ2n) is 4.35. The molecule has 98 valence electrons. The Morgan fingerprint density at radius 1 is 1.24 bits per heavy atom. The second kappa shape index (κ2) is 6.28. The first kappa shape index (κ1) is 16.3. The molecule has 5 heteroatoms. The quantitative estimate of drug-likeness (QED) is 0.883. The summed E-state index contributed by atoms with van der Waals surface area (Å²) in [7, 11) is 0. The molecule has 0 aliphatic carbocycles. The molecule has 0 heterocycles. The monoisotopic (exact) mass is 265 g/mol. The Morgan fingerprint density at radius 3 is 2.24 bits per heavy atom. The number of halogens is 3. The Balaban J connectivity index is 0.00000256. The lowest BCUT2D eigenvalue weighted by molar-refractivity contribution is 0.0951. The molecule has 0 aromatic heterocycles. The molecule has 0 saturated carbocycles. The highest BCUT2D eigenvalue weighted by Crippen LogP contribution is 2.26. The molecule has 0 saturated heterocycles. The molecule has 2 atom stereocenters. The molecule has 1 rings (SSSR count). The number of aliphatic hydroxyl groups is 1. The van der Waals surface area contributed by atoms with E-state index in [9.17, 15) is 13.9 Å². The maximum Gasteiger partial charge on any atom is 0.133 e. The summed E-state index contributed by atoms with van der Waals surface area (Å²) in [4.78, 5) is 0. The van der Waals surface area contributed by atoms with E-state index in [0.29, 0.717) is 5.56 Å². The van der Waals surface area contributed by atoms with Gasteiger partial charge in [0.1, 0.15) is 11.6 Å². The van der Waals surface area contributed by atoms with E-state index < -0.39 is 23.8 Å². The Bertz CT molecular complexity index is 385. The van der Waals surface area contributed by atoms with E-state index in [-0.39, 0.29) is 23.9 Å². The number of hydrogen-bond acceptors (Lipinski definition) is 2. The minimum atomic E-state index is -1.04. The maximum absolute atomic E-state index is 13.7. The van der Waals surface area contributed by atoms with Gasteiger partial charge in [0.15, 0.2) is 0 Å². The van der Waals surface area contributed by atoms with Gasteiger partial charge in [-0.15, -0.1) is 12.4 Å². The largest absolute Gasteiger partial charge is 0.391 e. The molecule has 0 radical (unpaired) electrons. The van der Waals surface area contributed by atoms with Crippen LogP contribution >= 0.6 is 12.4 Å². The average molecular weight is 266 g/mol. The molecule has 0 spiro atoms. The Hall–Kier alpha value is -0.710. The topological polar surface area (TPSA) is 46.2 Å². The molecule has 0 aliphatic rings. The van der Waals surface area contributed by atoms with Gasteiger partial charge in [-0.1, -0.05) is 19.9 Å². The van der Waals surface area contributed by atoms with Crippen LogP contribution in [0, 0.1) is 24.5 Å². The molecule has 0 amide bonds. The fraction of sp³-hybridized carbons (Fsp3) is 0.500. The summed E-state index contributed by atoms with van der Waals surface area (Å²) in [5.41, 5.74) is 5.77. The van der Waals surface area contributed by atoms with Crippen molar-refractivity contribution < 1.29 is 13.9 Å².